The summed E-state index contributed by atoms with van der Waals surface area (Å²) in [4.78, 5) is 15.2. The average Bonchev–Trinajstić information content (AvgIpc) is 2.16. The van der Waals surface area contributed by atoms with Crippen molar-refractivity contribution in [3.8, 4) is 0 Å². The molecule has 4 nitrogen and oxygen atoms in total. The van der Waals surface area contributed by atoms with E-state index in [0.717, 1.165) is 26.1 Å². The lowest BCUT2D eigenvalue weighted by Gasteiger charge is -2.43. The molecule has 1 fully saturated rings. The van der Waals surface area contributed by atoms with Gasteiger partial charge in [0.2, 0.25) is 0 Å². The lowest BCUT2D eigenvalue weighted by atomic mass is 10.0. The van der Waals surface area contributed by atoms with Gasteiger partial charge in [-0.1, -0.05) is 6.92 Å². The van der Waals surface area contributed by atoms with Crippen LogP contribution in [-0.2, 0) is 4.79 Å². The maximum absolute atomic E-state index is 10.5. The van der Waals surface area contributed by atoms with Gasteiger partial charge in [0.1, 0.15) is 0 Å². The molecule has 0 spiro atoms. The average molecular weight is 214 g/mol. The summed E-state index contributed by atoms with van der Waals surface area (Å²) < 4.78 is 0. The van der Waals surface area contributed by atoms with E-state index in [1.54, 1.807) is 0 Å². The van der Waals surface area contributed by atoms with Gasteiger partial charge in [0, 0.05) is 31.6 Å². The van der Waals surface area contributed by atoms with E-state index in [-0.39, 0.29) is 6.42 Å². The number of carboxylic acid groups (broad SMARTS) is 1. The molecule has 0 aromatic rings. The highest BCUT2D eigenvalue weighted by molar-refractivity contribution is 5.66. The first-order valence-electron chi connectivity index (χ1n) is 5.70. The number of hydrogen-bond acceptors (Lipinski definition) is 3. The molecule has 2 atom stereocenters. The topological polar surface area (TPSA) is 43.8 Å². The molecule has 0 aliphatic carbocycles. The van der Waals surface area contributed by atoms with E-state index in [0.29, 0.717) is 12.1 Å². The van der Waals surface area contributed by atoms with Crippen molar-refractivity contribution >= 4 is 5.97 Å². The van der Waals surface area contributed by atoms with Crippen molar-refractivity contribution in [1.29, 1.82) is 0 Å². The van der Waals surface area contributed by atoms with Crippen molar-refractivity contribution in [3.05, 3.63) is 0 Å². The van der Waals surface area contributed by atoms with Crippen LogP contribution in [0.25, 0.3) is 0 Å². The molecule has 0 aromatic heterocycles. The number of likely N-dealkylation sites (N-methyl/N-ethyl adjacent to an activating group) is 2. The maximum atomic E-state index is 10.5. The molecular weight excluding hydrogens is 192 g/mol. The summed E-state index contributed by atoms with van der Waals surface area (Å²) in [5.41, 5.74) is 0. The monoisotopic (exact) mass is 214 g/mol. The van der Waals surface area contributed by atoms with Crippen molar-refractivity contribution in [3.63, 3.8) is 0 Å². The third-order valence-electron chi connectivity index (χ3n) is 3.34. The summed E-state index contributed by atoms with van der Waals surface area (Å²) in [6, 6.07) is 0.985. The number of carbonyl (C=O) groups is 1. The molecule has 0 radical (unpaired) electrons. The third-order valence-corrected chi connectivity index (χ3v) is 3.34. The minimum Gasteiger partial charge on any atom is -0.481 e. The zero-order valence-corrected chi connectivity index (χ0v) is 9.94. The fraction of sp³-hybridized carbons (Fsp3) is 0.909. The highest BCUT2D eigenvalue weighted by Gasteiger charge is 2.28. The minimum atomic E-state index is -0.690. The molecule has 4 heteroatoms. The van der Waals surface area contributed by atoms with Gasteiger partial charge in [-0.2, -0.15) is 0 Å². The predicted octanol–water partition coefficient (Wildman–Crippen LogP) is 0.876. The van der Waals surface area contributed by atoms with Gasteiger partial charge >= 0.3 is 5.97 Å². The molecule has 1 aliphatic heterocycles. The van der Waals surface area contributed by atoms with Crippen LogP contribution in [0.15, 0.2) is 0 Å². The smallest absolute Gasteiger partial charge is 0.303 e. The van der Waals surface area contributed by atoms with Gasteiger partial charge in [-0.25, -0.2) is 0 Å². The fourth-order valence-electron chi connectivity index (χ4n) is 2.31. The number of piperazine rings is 1. The molecule has 0 aromatic carbocycles. The largest absolute Gasteiger partial charge is 0.481 e. The van der Waals surface area contributed by atoms with Crippen LogP contribution in [0, 0.1) is 0 Å². The number of rotatable bonds is 4. The van der Waals surface area contributed by atoms with E-state index in [1.165, 1.54) is 0 Å². The summed E-state index contributed by atoms with van der Waals surface area (Å²) in [7, 11) is 2.09. The molecule has 1 rings (SSSR count). The molecule has 0 saturated carbocycles. The van der Waals surface area contributed by atoms with Crippen LogP contribution in [0.3, 0.4) is 0 Å². The van der Waals surface area contributed by atoms with Crippen molar-refractivity contribution < 1.29 is 9.90 Å². The van der Waals surface area contributed by atoms with E-state index < -0.39 is 5.97 Å². The first-order chi connectivity index (χ1) is 7.04. The highest BCUT2D eigenvalue weighted by atomic mass is 16.4. The van der Waals surface area contributed by atoms with Crippen LogP contribution in [0.4, 0.5) is 0 Å². The second-order valence-electron chi connectivity index (χ2n) is 4.46. The second-order valence-corrected chi connectivity index (χ2v) is 4.46. The van der Waals surface area contributed by atoms with Crippen LogP contribution in [-0.4, -0.2) is 59.6 Å². The van der Waals surface area contributed by atoms with Gasteiger partial charge in [-0.3, -0.25) is 9.69 Å². The molecule has 0 bridgehead atoms. The first kappa shape index (κ1) is 12.5. The molecule has 1 N–H and O–H groups in total. The van der Waals surface area contributed by atoms with Crippen molar-refractivity contribution in [2.24, 2.45) is 0 Å². The van der Waals surface area contributed by atoms with Crippen LogP contribution in [0.5, 0.6) is 0 Å². The quantitative estimate of drug-likeness (QED) is 0.754. The molecule has 2 unspecified atom stereocenters. The third kappa shape index (κ3) is 3.47. The first-order valence-corrected chi connectivity index (χ1v) is 5.70. The summed E-state index contributed by atoms with van der Waals surface area (Å²) in [5.74, 6) is -0.690. The Labute approximate surface area is 91.9 Å². The van der Waals surface area contributed by atoms with Gasteiger partial charge in [0.25, 0.3) is 0 Å². The van der Waals surface area contributed by atoms with Crippen molar-refractivity contribution in [2.75, 3.05) is 26.7 Å². The standard InChI is InChI=1S/C11H22N2O2/c1-4-13-8-10(5-6-11(14)15)12(3)7-9(13)2/h9-10H,4-8H2,1-3H3,(H,14,15). The Balaban J connectivity index is 2.46. The fourth-order valence-corrected chi connectivity index (χ4v) is 2.31. The molecule has 15 heavy (non-hydrogen) atoms. The number of nitrogens with zero attached hydrogens (tertiary/aromatic N) is 2. The van der Waals surface area contributed by atoms with Gasteiger partial charge in [-0.15, -0.1) is 0 Å². The molecular formula is C11H22N2O2. The highest BCUT2D eigenvalue weighted by Crippen LogP contribution is 2.16. The Morgan fingerprint density at radius 2 is 2.13 bits per heavy atom. The van der Waals surface area contributed by atoms with Crippen LogP contribution in [0.2, 0.25) is 0 Å². The van der Waals surface area contributed by atoms with Gasteiger partial charge in [-0.05, 0) is 26.9 Å². The SMILES string of the molecule is CCN1CC(CCC(=O)O)N(C)CC1C. The molecule has 1 heterocycles. The van der Waals surface area contributed by atoms with Crippen molar-refractivity contribution in [1.82, 2.24) is 9.80 Å². The Morgan fingerprint density at radius 1 is 1.47 bits per heavy atom. The zero-order valence-electron chi connectivity index (χ0n) is 9.94. The summed E-state index contributed by atoms with van der Waals surface area (Å²) in [6.07, 6.45) is 1.04. The van der Waals surface area contributed by atoms with E-state index in [2.05, 4.69) is 30.7 Å². The lowest BCUT2D eigenvalue weighted by molar-refractivity contribution is -0.137. The van der Waals surface area contributed by atoms with E-state index in [1.807, 2.05) is 0 Å². The van der Waals surface area contributed by atoms with Crippen molar-refractivity contribution in [2.45, 2.75) is 38.8 Å². The Morgan fingerprint density at radius 3 is 2.67 bits per heavy atom. The molecule has 0 amide bonds. The van der Waals surface area contributed by atoms with E-state index in [4.69, 9.17) is 5.11 Å². The lowest BCUT2D eigenvalue weighted by Crippen LogP contribution is -2.55. The minimum absolute atomic E-state index is 0.279. The normalized spacial score (nSPS) is 29.3. The van der Waals surface area contributed by atoms with Gasteiger partial charge in [0.05, 0.1) is 0 Å². The molecule has 88 valence electrons. The predicted molar refractivity (Wildman–Crippen MR) is 60.0 cm³/mol. The Bertz CT molecular complexity index is 221. The van der Waals surface area contributed by atoms with E-state index >= 15 is 0 Å². The second kappa shape index (κ2) is 5.47. The molecule has 1 aliphatic rings. The number of carboxylic acids is 1. The van der Waals surface area contributed by atoms with Crippen LogP contribution >= 0.6 is 0 Å². The number of aliphatic carboxylic acids is 1. The van der Waals surface area contributed by atoms with Crippen LogP contribution < -0.4 is 0 Å². The maximum Gasteiger partial charge on any atom is 0.303 e. The number of hydrogen-bond donors (Lipinski definition) is 1. The Kier molecular flexibility index (Phi) is 4.54. The van der Waals surface area contributed by atoms with Crippen LogP contribution in [0.1, 0.15) is 26.7 Å². The van der Waals surface area contributed by atoms with E-state index in [9.17, 15) is 4.79 Å². The van der Waals surface area contributed by atoms with Gasteiger partial charge < -0.3 is 10.0 Å². The Hall–Kier alpha value is -0.610. The molecule has 1 saturated heterocycles. The summed E-state index contributed by atoms with van der Waals surface area (Å²) >= 11 is 0. The summed E-state index contributed by atoms with van der Waals surface area (Å²) in [6.45, 7) is 7.49. The zero-order chi connectivity index (χ0) is 11.4. The van der Waals surface area contributed by atoms with Gasteiger partial charge in [0.15, 0.2) is 0 Å². The summed E-state index contributed by atoms with van der Waals surface area (Å²) in [5, 5.41) is 8.67.